The molecule has 1 aromatic rings. The van der Waals surface area contributed by atoms with E-state index in [0.29, 0.717) is 11.4 Å². The molecule has 1 aliphatic rings. The van der Waals surface area contributed by atoms with E-state index < -0.39 is 17.8 Å². The van der Waals surface area contributed by atoms with Crippen LogP contribution in [0.4, 0.5) is 11.4 Å². The normalized spacial score (nSPS) is 17.8. The minimum absolute atomic E-state index is 0.132. The largest absolute Gasteiger partial charge is 0.459 e. The minimum Gasteiger partial charge on any atom is -0.459 e. The Morgan fingerprint density at radius 3 is 2.80 bits per heavy atom. The molecule has 0 unspecified atom stereocenters. The van der Waals surface area contributed by atoms with E-state index in [9.17, 15) is 14.4 Å². The third kappa shape index (κ3) is 2.64. The van der Waals surface area contributed by atoms with Crippen molar-refractivity contribution in [2.45, 2.75) is 13.8 Å². The van der Waals surface area contributed by atoms with Gasteiger partial charge >= 0.3 is 11.9 Å². The van der Waals surface area contributed by atoms with E-state index in [1.807, 2.05) is 0 Å². The molecule has 0 bridgehead atoms. The van der Waals surface area contributed by atoms with Gasteiger partial charge in [-0.1, -0.05) is 19.1 Å². The first-order valence-corrected chi connectivity index (χ1v) is 6.43. The van der Waals surface area contributed by atoms with Gasteiger partial charge in [0.15, 0.2) is 0 Å². The van der Waals surface area contributed by atoms with Gasteiger partial charge in [0.05, 0.1) is 23.9 Å². The molecule has 2 amide bonds. The van der Waals surface area contributed by atoms with Crippen molar-refractivity contribution in [2.75, 3.05) is 23.4 Å². The molecule has 6 heteroatoms. The van der Waals surface area contributed by atoms with Gasteiger partial charge in [-0.05, 0) is 19.1 Å². The lowest BCUT2D eigenvalue weighted by atomic mass is 10.1. The number of hydrogen-bond donors (Lipinski definition) is 1. The van der Waals surface area contributed by atoms with Gasteiger partial charge in [0.2, 0.25) is 5.91 Å². The molecule has 106 valence electrons. The number of nitrogens with one attached hydrogen (secondary N) is 1. The molecule has 0 fully saturated rings. The highest BCUT2D eigenvalue weighted by molar-refractivity contribution is 6.38. The highest BCUT2D eigenvalue weighted by atomic mass is 16.5. The monoisotopic (exact) mass is 276 g/mol. The topological polar surface area (TPSA) is 75.7 Å². The molecule has 1 aliphatic heterocycles. The maximum Gasteiger partial charge on any atom is 0.397 e. The molecule has 0 spiro atoms. The summed E-state index contributed by atoms with van der Waals surface area (Å²) in [6, 6.07) is 6.87. The van der Waals surface area contributed by atoms with Crippen molar-refractivity contribution in [2.24, 2.45) is 5.92 Å². The number of para-hydroxylation sites is 2. The van der Waals surface area contributed by atoms with E-state index in [4.69, 9.17) is 4.74 Å². The number of hydrogen-bond acceptors (Lipinski definition) is 4. The highest BCUT2D eigenvalue weighted by Gasteiger charge is 2.32. The lowest BCUT2D eigenvalue weighted by molar-refractivity contribution is -0.153. The van der Waals surface area contributed by atoms with E-state index in [2.05, 4.69) is 5.32 Å². The van der Waals surface area contributed by atoms with Crippen LogP contribution in [0.3, 0.4) is 0 Å². The molecule has 0 radical (unpaired) electrons. The average Bonchev–Trinajstić information content (AvgIpc) is 2.56. The van der Waals surface area contributed by atoms with E-state index in [-0.39, 0.29) is 19.1 Å². The van der Waals surface area contributed by atoms with Gasteiger partial charge in [-0.15, -0.1) is 0 Å². The minimum atomic E-state index is -0.913. The van der Waals surface area contributed by atoms with Crippen LogP contribution in [0, 0.1) is 5.92 Å². The maximum absolute atomic E-state index is 12.2. The Balaban J connectivity index is 2.38. The van der Waals surface area contributed by atoms with Crippen LogP contribution in [0.1, 0.15) is 13.8 Å². The molecule has 1 atom stereocenters. The predicted molar refractivity (Wildman–Crippen MR) is 73.2 cm³/mol. The number of fused-ring (bicyclic) bond motifs is 1. The Kier molecular flexibility index (Phi) is 4.02. The van der Waals surface area contributed by atoms with Gasteiger partial charge in [-0.3, -0.25) is 14.5 Å². The van der Waals surface area contributed by atoms with Gasteiger partial charge in [0.25, 0.3) is 0 Å². The van der Waals surface area contributed by atoms with E-state index in [1.54, 1.807) is 38.1 Å². The van der Waals surface area contributed by atoms with Crippen LogP contribution in [-0.2, 0) is 19.1 Å². The van der Waals surface area contributed by atoms with E-state index >= 15 is 0 Å². The number of rotatable bonds is 1. The number of amides is 2. The molecule has 0 aromatic heterocycles. The number of carbonyl (C=O) groups is 3. The van der Waals surface area contributed by atoms with Crippen LogP contribution in [0.25, 0.3) is 0 Å². The summed E-state index contributed by atoms with van der Waals surface area (Å²) in [5, 5.41) is 2.74. The SMILES string of the molecule is CCOC(=O)C(=O)N1C[C@@H](C)C(=O)Nc2ccccc21. The number of esters is 1. The van der Waals surface area contributed by atoms with Crippen molar-refractivity contribution in [1.29, 1.82) is 0 Å². The Labute approximate surface area is 116 Å². The quantitative estimate of drug-likeness (QED) is 0.617. The fourth-order valence-corrected chi connectivity index (χ4v) is 2.02. The third-order valence-corrected chi connectivity index (χ3v) is 3.05. The maximum atomic E-state index is 12.2. The summed E-state index contributed by atoms with van der Waals surface area (Å²) in [7, 11) is 0. The molecule has 1 aromatic carbocycles. The molecule has 20 heavy (non-hydrogen) atoms. The lowest BCUT2D eigenvalue weighted by Gasteiger charge is -2.22. The second-order valence-electron chi connectivity index (χ2n) is 4.54. The Bertz CT molecular complexity index is 556. The first kappa shape index (κ1) is 14.0. The molecule has 2 rings (SSSR count). The Hall–Kier alpha value is -2.37. The molecule has 1 heterocycles. The van der Waals surface area contributed by atoms with Crippen molar-refractivity contribution in [1.82, 2.24) is 0 Å². The number of ether oxygens (including phenoxy) is 1. The van der Waals surface area contributed by atoms with Crippen LogP contribution in [0.15, 0.2) is 24.3 Å². The molecule has 0 saturated heterocycles. The third-order valence-electron chi connectivity index (χ3n) is 3.05. The van der Waals surface area contributed by atoms with Gasteiger partial charge in [-0.2, -0.15) is 0 Å². The Morgan fingerprint density at radius 2 is 2.10 bits per heavy atom. The lowest BCUT2D eigenvalue weighted by Crippen LogP contribution is -2.40. The van der Waals surface area contributed by atoms with Crippen molar-refractivity contribution >= 4 is 29.2 Å². The van der Waals surface area contributed by atoms with Crippen molar-refractivity contribution in [3.63, 3.8) is 0 Å². The highest BCUT2D eigenvalue weighted by Crippen LogP contribution is 2.29. The molecule has 0 saturated carbocycles. The van der Waals surface area contributed by atoms with Crippen LogP contribution < -0.4 is 10.2 Å². The van der Waals surface area contributed by atoms with Crippen molar-refractivity contribution in [3.8, 4) is 0 Å². The summed E-state index contributed by atoms with van der Waals surface area (Å²) in [6.45, 7) is 3.61. The van der Waals surface area contributed by atoms with Crippen LogP contribution >= 0.6 is 0 Å². The number of carbonyl (C=O) groups excluding carboxylic acids is 3. The summed E-state index contributed by atoms with van der Waals surface area (Å²) in [4.78, 5) is 37.0. The summed E-state index contributed by atoms with van der Waals surface area (Å²) < 4.78 is 4.74. The Morgan fingerprint density at radius 1 is 1.40 bits per heavy atom. The van der Waals surface area contributed by atoms with Gasteiger partial charge in [-0.25, -0.2) is 4.79 Å². The van der Waals surface area contributed by atoms with Gasteiger partial charge < -0.3 is 10.1 Å². The van der Waals surface area contributed by atoms with E-state index in [1.165, 1.54) is 4.90 Å². The number of nitrogens with zero attached hydrogens (tertiary/aromatic N) is 1. The average molecular weight is 276 g/mol. The smallest absolute Gasteiger partial charge is 0.397 e. The van der Waals surface area contributed by atoms with Crippen molar-refractivity contribution in [3.05, 3.63) is 24.3 Å². The summed E-state index contributed by atoms with van der Waals surface area (Å²) >= 11 is 0. The summed E-state index contributed by atoms with van der Waals surface area (Å²) in [5.74, 6) is -2.27. The molecule has 0 aliphatic carbocycles. The zero-order valence-corrected chi connectivity index (χ0v) is 11.4. The molecule has 1 N–H and O–H groups in total. The first-order valence-electron chi connectivity index (χ1n) is 6.43. The fourth-order valence-electron chi connectivity index (χ4n) is 2.02. The molecule has 6 nitrogen and oxygen atoms in total. The second kappa shape index (κ2) is 5.73. The summed E-state index contributed by atoms with van der Waals surface area (Å²) in [6.07, 6.45) is 0. The van der Waals surface area contributed by atoms with Crippen LogP contribution in [-0.4, -0.2) is 30.9 Å². The van der Waals surface area contributed by atoms with Gasteiger partial charge in [0, 0.05) is 6.54 Å². The predicted octanol–water partition coefficient (Wildman–Crippen LogP) is 1.17. The molecular formula is C14H16N2O4. The van der Waals surface area contributed by atoms with E-state index in [0.717, 1.165) is 0 Å². The van der Waals surface area contributed by atoms with Crippen LogP contribution in [0.5, 0.6) is 0 Å². The number of anilines is 2. The standard InChI is InChI=1S/C14H16N2O4/c1-3-20-14(19)13(18)16-8-9(2)12(17)15-10-6-4-5-7-11(10)16/h4-7,9H,3,8H2,1-2H3,(H,15,17)/t9-/m1/s1. The zero-order chi connectivity index (χ0) is 14.7. The van der Waals surface area contributed by atoms with Gasteiger partial charge in [0.1, 0.15) is 0 Å². The zero-order valence-electron chi connectivity index (χ0n) is 11.4. The number of benzene rings is 1. The fraction of sp³-hybridized carbons (Fsp3) is 0.357. The molecular weight excluding hydrogens is 260 g/mol. The van der Waals surface area contributed by atoms with Crippen molar-refractivity contribution < 1.29 is 19.1 Å². The second-order valence-corrected chi connectivity index (χ2v) is 4.54. The first-order chi connectivity index (χ1) is 9.54. The summed E-state index contributed by atoms with van der Waals surface area (Å²) in [5.41, 5.74) is 1.02. The van der Waals surface area contributed by atoms with Crippen LogP contribution in [0.2, 0.25) is 0 Å².